The van der Waals surface area contributed by atoms with Crippen molar-refractivity contribution in [2.24, 2.45) is 0 Å². The molecule has 2 nitrogen and oxygen atoms in total. The van der Waals surface area contributed by atoms with Crippen molar-refractivity contribution in [2.75, 3.05) is 0 Å². The molecule has 0 saturated heterocycles. The third kappa shape index (κ3) is 2.94. The van der Waals surface area contributed by atoms with Crippen LogP contribution in [0.15, 0.2) is 41.8 Å². The summed E-state index contributed by atoms with van der Waals surface area (Å²) in [7, 11) is 0. The third-order valence-corrected chi connectivity index (χ3v) is 3.63. The Hall–Kier alpha value is -1.61. The lowest BCUT2D eigenvalue weighted by Gasteiger charge is -2.12. The van der Waals surface area contributed by atoms with Crippen molar-refractivity contribution in [2.45, 2.75) is 19.3 Å². The lowest BCUT2D eigenvalue weighted by Crippen LogP contribution is -2.14. The van der Waals surface area contributed by atoms with Gasteiger partial charge in [-0.1, -0.05) is 35.9 Å². The average Bonchev–Trinajstić information content (AvgIpc) is 2.78. The average molecular weight is 246 g/mol. The Labute approximate surface area is 105 Å². The molecular formula is C14H14O2S. The van der Waals surface area contributed by atoms with Crippen LogP contribution in [0.25, 0.3) is 0 Å². The van der Waals surface area contributed by atoms with Gasteiger partial charge in [0.2, 0.25) is 0 Å². The van der Waals surface area contributed by atoms with E-state index in [0.717, 1.165) is 16.0 Å². The molecule has 2 aromatic rings. The van der Waals surface area contributed by atoms with Crippen molar-refractivity contribution < 1.29 is 9.90 Å². The summed E-state index contributed by atoms with van der Waals surface area (Å²) in [5, 5.41) is 11.3. The maximum Gasteiger partial charge on any atom is 0.311 e. The Morgan fingerprint density at radius 2 is 2.18 bits per heavy atom. The summed E-state index contributed by atoms with van der Waals surface area (Å²) in [6.45, 7) is 1.98. The summed E-state index contributed by atoms with van der Waals surface area (Å²) in [6.07, 6.45) is 0.566. The van der Waals surface area contributed by atoms with Crippen LogP contribution in [-0.4, -0.2) is 11.1 Å². The predicted molar refractivity (Wildman–Crippen MR) is 69.6 cm³/mol. The topological polar surface area (TPSA) is 37.3 Å². The van der Waals surface area contributed by atoms with E-state index in [0.29, 0.717) is 6.42 Å². The molecular weight excluding hydrogens is 232 g/mol. The number of aliphatic carboxylic acids is 1. The highest BCUT2D eigenvalue weighted by atomic mass is 32.1. The lowest BCUT2D eigenvalue weighted by atomic mass is 9.94. The van der Waals surface area contributed by atoms with Gasteiger partial charge in [-0.2, -0.15) is 0 Å². The largest absolute Gasteiger partial charge is 0.481 e. The quantitative estimate of drug-likeness (QED) is 0.897. The Morgan fingerprint density at radius 1 is 1.35 bits per heavy atom. The molecule has 1 aromatic heterocycles. The second-order valence-electron chi connectivity index (χ2n) is 4.09. The van der Waals surface area contributed by atoms with Crippen LogP contribution in [0.3, 0.4) is 0 Å². The first-order chi connectivity index (χ1) is 8.16. The van der Waals surface area contributed by atoms with Gasteiger partial charge in [0, 0.05) is 4.88 Å². The second-order valence-corrected chi connectivity index (χ2v) is 5.12. The molecule has 88 valence electrons. The predicted octanol–water partition coefficient (Wildman–Crippen LogP) is 3.47. The van der Waals surface area contributed by atoms with Gasteiger partial charge in [0.05, 0.1) is 5.92 Å². The highest BCUT2D eigenvalue weighted by Crippen LogP contribution is 2.24. The zero-order valence-electron chi connectivity index (χ0n) is 9.59. The molecule has 17 heavy (non-hydrogen) atoms. The summed E-state index contributed by atoms with van der Waals surface area (Å²) < 4.78 is 0. The van der Waals surface area contributed by atoms with Gasteiger partial charge in [-0.3, -0.25) is 4.79 Å². The molecule has 0 spiro atoms. The van der Waals surface area contributed by atoms with E-state index in [2.05, 4.69) is 0 Å². The number of rotatable bonds is 4. The first-order valence-electron chi connectivity index (χ1n) is 5.48. The number of carboxylic acids is 1. The molecule has 1 unspecified atom stereocenters. The monoisotopic (exact) mass is 246 g/mol. The summed E-state index contributed by atoms with van der Waals surface area (Å²) in [5.41, 5.74) is 1.98. The number of hydrogen-bond donors (Lipinski definition) is 1. The van der Waals surface area contributed by atoms with E-state index < -0.39 is 11.9 Å². The maximum absolute atomic E-state index is 11.3. The van der Waals surface area contributed by atoms with E-state index >= 15 is 0 Å². The van der Waals surface area contributed by atoms with Gasteiger partial charge in [-0.25, -0.2) is 0 Å². The molecule has 0 aliphatic heterocycles. The first-order valence-corrected chi connectivity index (χ1v) is 6.36. The second kappa shape index (κ2) is 5.15. The van der Waals surface area contributed by atoms with Crippen LogP contribution in [0.5, 0.6) is 0 Å². The Bertz CT molecular complexity index is 503. The number of aryl methyl sites for hydroxylation is 1. The molecule has 0 aliphatic rings. The van der Waals surface area contributed by atoms with Crippen LogP contribution < -0.4 is 0 Å². The number of hydrogen-bond acceptors (Lipinski definition) is 2. The van der Waals surface area contributed by atoms with Crippen molar-refractivity contribution in [1.29, 1.82) is 0 Å². The number of thiophene rings is 1. The summed E-state index contributed by atoms with van der Waals surface area (Å²) >= 11 is 1.60. The lowest BCUT2D eigenvalue weighted by molar-refractivity contribution is -0.138. The highest BCUT2D eigenvalue weighted by molar-refractivity contribution is 7.09. The molecule has 1 atom stereocenters. The zero-order valence-corrected chi connectivity index (χ0v) is 10.4. The number of carbonyl (C=O) groups is 1. The minimum Gasteiger partial charge on any atom is -0.481 e. The molecule has 0 aliphatic carbocycles. The smallest absolute Gasteiger partial charge is 0.311 e. The first kappa shape index (κ1) is 11.9. The molecule has 1 aromatic carbocycles. The van der Waals surface area contributed by atoms with Gasteiger partial charge in [0.15, 0.2) is 0 Å². The molecule has 0 fully saturated rings. The Kier molecular flexibility index (Phi) is 3.59. The van der Waals surface area contributed by atoms with E-state index in [-0.39, 0.29) is 0 Å². The van der Waals surface area contributed by atoms with Gasteiger partial charge in [-0.15, -0.1) is 11.3 Å². The van der Waals surface area contributed by atoms with Gasteiger partial charge < -0.3 is 5.11 Å². The molecule has 2 rings (SSSR count). The molecule has 3 heteroatoms. The fraction of sp³-hybridized carbons (Fsp3) is 0.214. The van der Waals surface area contributed by atoms with Crippen molar-refractivity contribution in [1.82, 2.24) is 0 Å². The van der Waals surface area contributed by atoms with E-state index in [1.54, 1.807) is 11.3 Å². The van der Waals surface area contributed by atoms with Gasteiger partial charge in [-0.05, 0) is 30.4 Å². The van der Waals surface area contributed by atoms with Gasteiger partial charge in [0.25, 0.3) is 0 Å². The van der Waals surface area contributed by atoms with Gasteiger partial charge >= 0.3 is 5.97 Å². The number of carboxylic acid groups (broad SMARTS) is 1. The Balaban J connectivity index is 2.26. The van der Waals surface area contributed by atoms with Crippen LogP contribution in [0.1, 0.15) is 21.9 Å². The normalized spacial score (nSPS) is 12.3. The molecule has 1 N–H and O–H groups in total. The van der Waals surface area contributed by atoms with Crippen molar-refractivity contribution >= 4 is 17.3 Å². The van der Waals surface area contributed by atoms with E-state index in [9.17, 15) is 9.90 Å². The van der Waals surface area contributed by atoms with Crippen molar-refractivity contribution in [3.63, 3.8) is 0 Å². The van der Waals surface area contributed by atoms with Crippen LogP contribution in [0.4, 0.5) is 0 Å². The third-order valence-electron chi connectivity index (χ3n) is 2.73. The van der Waals surface area contributed by atoms with Crippen molar-refractivity contribution in [3.05, 3.63) is 57.8 Å². The summed E-state index contributed by atoms with van der Waals surface area (Å²) in [4.78, 5) is 12.5. The zero-order chi connectivity index (χ0) is 12.3. The standard InChI is InChI=1S/C14H14O2S/c1-10-4-2-5-11(8-10)13(14(15)16)9-12-6-3-7-17-12/h2-8,13H,9H2,1H3,(H,15,16). The van der Waals surface area contributed by atoms with E-state index in [1.807, 2.05) is 48.7 Å². The minimum atomic E-state index is -0.760. The highest BCUT2D eigenvalue weighted by Gasteiger charge is 2.20. The SMILES string of the molecule is Cc1cccc(C(Cc2cccs2)C(=O)O)c1. The molecule has 0 amide bonds. The van der Waals surface area contributed by atoms with Crippen LogP contribution in [-0.2, 0) is 11.2 Å². The van der Waals surface area contributed by atoms with E-state index in [4.69, 9.17) is 0 Å². The summed E-state index contributed by atoms with van der Waals surface area (Å²) in [5.74, 6) is -1.21. The van der Waals surface area contributed by atoms with Gasteiger partial charge in [0.1, 0.15) is 0 Å². The van der Waals surface area contributed by atoms with E-state index in [1.165, 1.54) is 0 Å². The van der Waals surface area contributed by atoms with Crippen LogP contribution >= 0.6 is 11.3 Å². The number of benzene rings is 1. The molecule has 0 saturated carbocycles. The fourth-order valence-corrected chi connectivity index (χ4v) is 2.62. The minimum absolute atomic E-state index is 0.450. The van der Waals surface area contributed by atoms with Crippen LogP contribution in [0.2, 0.25) is 0 Å². The van der Waals surface area contributed by atoms with Crippen molar-refractivity contribution in [3.8, 4) is 0 Å². The maximum atomic E-state index is 11.3. The fourth-order valence-electron chi connectivity index (χ4n) is 1.86. The summed E-state index contributed by atoms with van der Waals surface area (Å²) in [6, 6.07) is 11.7. The van der Waals surface area contributed by atoms with Crippen LogP contribution in [0, 0.1) is 6.92 Å². The molecule has 1 heterocycles. The molecule has 0 bridgehead atoms. The molecule has 0 radical (unpaired) electrons. The Morgan fingerprint density at radius 3 is 2.76 bits per heavy atom.